The Morgan fingerprint density at radius 1 is 0.909 bits per heavy atom. The molecule has 22 heavy (non-hydrogen) atoms. The Morgan fingerprint density at radius 2 is 1.50 bits per heavy atom. The Kier molecular flexibility index (Phi) is 14.0. The molecule has 0 aliphatic rings. The first-order chi connectivity index (χ1) is 10.6. The maximum absolute atomic E-state index is 10.2. The van der Waals surface area contributed by atoms with Crippen molar-refractivity contribution in [1.29, 1.82) is 0 Å². The minimum Gasteiger partial charge on any atom is -0.478 e. The van der Waals surface area contributed by atoms with E-state index in [0.717, 1.165) is 57.4 Å². The number of aliphatic hydroxyl groups excluding tert-OH is 2. The molecule has 2 atom stereocenters. The number of hydrogen-bond donors (Lipinski definition) is 3. The second kappa shape index (κ2) is 14.8. The summed E-state index contributed by atoms with van der Waals surface area (Å²) in [5.74, 6) is -0.930. The fraction of sp³-hybridized carbons (Fsp3) is 0.722. The van der Waals surface area contributed by atoms with Crippen molar-refractivity contribution in [2.75, 3.05) is 0 Å². The summed E-state index contributed by atoms with van der Waals surface area (Å²) in [5.41, 5.74) is 0. The Labute approximate surface area is 134 Å². The zero-order chi connectivity index (χ0) is 16.6. The van der Waals surface area contributed by atoms with E-state index in [0.29, 0.717) is 12.8 Å². The molecule has 0 radical (unpaired) electrons. The van der Waals surface area contributed by atoms with Crippen LogP contribution in [-0.4, -0.2) is 33.5 Å². The number of rotatable bonds is 14. The van der Waals surface area contributed by atoms with E-state index in [9.17, 15) is 15.0 Å². The number of carboxylic acids is 1. The molecule has 0 aromatic heterocycles. The van der Waals surface area contributed by atoms with Gasteiger partial charge in [0.05, 0.1) is 12.2 Å². The number of allylic oxidation sites excluding steroid dienone is 3. The van der Waals surface area contributed by atoms with Crippen LogP contribution in [0.3, 0.4) is 0 Å². The molecule has 3 N–H and O–H groups in total. The van der Waals surface area contributed by atoms with Crippen LogP contribution in [0.1, 0.15) is 71.1 Å². The summed E-state index contributed by atoms with van der Waals surface area (Å²) in [4.78, 5) is 10.2. The van der Waals surface area contributed by atoms with Crippen molar-refractivity contribution in [2.24, 2.45) is 0 Å². The van der Waals surface area contributed by atoms with Crippen LogP contribution in [0.2, 0.25) is 0 Å². The molecular weight excluding hydrogens is 280 g/mol. The monoisotopic (exact) mass is 312 g/mol. The van der Waals surface area contributed by atoms with Crippen molar-refractivity contribution in [3.8, 4) is 0 Å². The highest BCUT2D eigenvalue weighted by Crippen LogP contribution is 2.13. The average Bonchev–Trinajstić information content (AvgIpc) is 2.48. The lowest BCUT2D eigenvalue weighted by Crippen LogP contribution is -2.25. The molecule has 0 aromatic rings. The van der Waals surface area contributed by atoms with Gasteiger partial charge in [-0.2, -0.15) is 0 Å². The third kappa shape index (κ3) is 13.8. The molecule has 0 rings (SSSR count). The number of carbonyl (C=O) groups is 1. The molecule has 0 saturated carbocycles. The molecule has 128 valence electrons. The molecule has 0 aliphatic carbocycles. The van der Waals surface area contributed by atoms with E-state index in [1.807, 2.05) is 6.08 Å². The van der Waals surface area contributed by atoms with Gasteiger partial charge in [0, 0.05) is 6.08 Å². The van der Waals surface area contributed by atoms with Crippen molar-refractivity contribution in [1.82, 2.24) is 0 Å². The van der Waals surface area contributed by atoms with Gasteiger partial charge >= 0.3 is 5.97 Å². The summed E-state index contributed by atoms with van der Waals surface area (Å²) in [7, 11) is 0. The highest BCUT2D eigenvalue weighted by molar-refractivity contribution is 5.80. The SMILES string of the molecule is CCCCCC(O)C(O)CCCCCCC=CC=CC(=O)O. The maximum Gasteiger partial charge on any atom is 0.328 e. The Bertz CT molecular complexity index is 323. The van der Waals surface area contributed by atoms with E-state index in [-0.39, 0.29) is 0 Å². The lowest BCUT2D eigenvalue weighted by Gasteiger charge is -2.17. The largest absolute Gasteiger partial charge is 0.478 e. The van der Waals surface area contributed by atoms with Gasteiger partial charge in [0.25, 0.3) is 0 Å². The standard InChI is InChI=1S/C18H32O4/c1-2-3-10-13-16(19)17(20)14-11-8-6-4-5-7-9-12-15-18(21)22/h7,9,12,15-17,19-20H,2-6,8,10-11,13-14H2,1H3,(H,21,22). The van der Waals surface area contributed by atoms with Gasteiger partial charge in [0.1, 0.15) is 0 Å². The third-order valence-electron chi connectivity index (χ3n) is 3.65. The van der Waals surface area contributed by atoms with E-state index in [4.69, 9.17) is 5.11 Å². The Morgan fingerprint density at radius 3 is 2.09 bits per heavy atom. The molecule has 0 aromatic carbocycles. The third-order valence-corrected chi connectivity index (χ3v) is 3.65. The Hall–Kier alpha value is -1.13. The molecule has 0 bridgehead atoms. The number of aliphatic hydroxyl groups is 2. The van der Waals surface area contributed by atoms with Crippen LogP contribution in [0.25, 0.3) is 0 Å². The lowest BCUT2D eigenvalue weighted by molar-refractivity contribution is -0.131. The number of aliphatic carboxylic acids is 1. The van der Waals surface area contributed by atoms with Gasteiger partial charge < -0.3 is 15.3 Å². The minimum absolute atomic E-state index is 0.574. The summed E-state index contributed by atoms with van der Waals surface area (Å²) in [5, 5.41) is 28.0. The summed E-state index contributed by atoms with van der Waals surface area (Å²) >= 11 is 0. The first-order valence-corrected chi connectivity index (χ1v) is 8.50. The van der Waals surface area contributed by atoms with Crippen molar-refractivity contribution in [3.63, 3.8) is 0 Å². The molecule has 4 heteroatoms. The summed E-state index contributed by atoms with van der Waals surface area (Å²) in [6.07, 6.45) is 14.9. The summed E-state index contributed by atoms with van der Waals surface area (Å²) < 4.78 is 0. The smallest absolute Gasteiger partial charge is 0.328 e. The second-order valence-corrected chi connectivity index (χ2v) is 5.75. The van der Waals surface area contributed by atoms with Gasteiger partial charge in [-0.1, -0.05) is 63.7 Å². The molecule has 0 heterocycles. The van der Waals surface area contributed by atoms with Crippen molar-refractivity contribution < 1.29 is 20.1 Å². The van der Waals surface area contributed by atoms with Gasteiger partial charge in [-0.25, -0.2) is 4.79 Å². The van der Waals surface area contributed by atoms with Gasteiger partial charge in [-0.15, -0.1) is 0 Å². The van der Waals surface area contributed by atoms with Crippen LogP contribution in [-0.2, 0) is 4.79 Å². The highest BCUT2D eigenvalue weighted by Gasteiger charge is 2.14. The fourth-order valence-electron chi connectivity index (χ4n) is 2.27. The van der Waals surface area contributed by atoms with Crippen LogP contribution >= 0.6 is 0 Å². The molecule has 2 unspecified atom stereocenters. The van der Waals surface area contributed by atoms with Crippen LogP contribution in [0.4, 0.5) is 0 Å². The summed E-state index contributed by atoms with van der Waals surface area (Å²) in [6.45, 7) is 2.13. The summed E-state index contributed by atoms with van der Waals surface area (Å²) in [6, 6.07) is 0. The second-order valence-electron chi connectivity index (χ2n) is 5.75. The van der Waals surface area contributed by atoms with Crippen LogP contribution < -0.4 is 0 Å². The van der Waals surface area contributed by atoms with Crippen molar-refractivity contribution >= 4 is 5.97 Å². The van der Waals surface area contributed by atoms with Gasteiger partial charge in [-0.3, -0.25) is 0 Å². The van der Waals surface area contributed by atoms with E-state index >= 15 is 0 Å². The number of unbranched alkanes of at least 4 members (excludes halogenated alkanes) is 6. The van der Waals surface area contributed by atoms with Crippen LogP contribution in [0, 0.1) is 0 Å². The molecular formula is C18H32O4. The van der Waals surface area contributed by atoms with Gasteiger partial charge in [-0.05, 0) is 25.7 Å². The zero-order valence-corrected chi connectivity index (χ0v) is 13.8. The molecule has 0 amide bonds. The average molecular weight is 312 g/mol. The Balaban J connectivity index is 3.46. The van der Waals surface area contributed by atoms with Gasteiger partial charge in [0.2, 0.25) is 0 Å². The predicted molar refractivity (Wildman–Crippen MR) is 89.8 cm³/mol. The fourth-order valence-corrected chi connectivity index (χ4v) is 2.27. The minimum atomic E-state index is -0.930. The first kappa shape index (κ1) is 20.9. The topological polar surface area (TPSA) is 77.8 Å². The first-order valence-electron chi connectivity index (χ1n) is 8.50. The lowest BCUT2D eigenvalue weighted by atomic mass is 10.0. The van der Waals surface area contributed by atoms with Crippen LogP contribution in [0.5, 0.6) is 0 Å². The molecule has 0 spiro atoms. The quantitative estimate of drug-likeness (QED) is 0.259. The normalized spacial score (nSPS) is 14.7. The number of carboxylic acid groups (broad SMARTS) is 1. The van der Waals surface area contributed by atoms with E-state index < -0.39 is 18.2 Å². The van der Waals surface area contributed by atoms with Gasteiger partial charge in [0.15, 0.2) is 0 Å². The van der Waals surface area contributed by atoms with E-state index in [2.05, 4.69) is 6.92 Å². The molecule has 0 aliphatic heterocycles. The van der Waals surface area contributed by atoms with Crippen molar-refractivity contribution in [3.05, 3.63) is 24.3 Å². The number of hydrogen-bond acceptors (Lipinski definition) is 3. The molecule has 4 nitrogen and oxygen atoms in total. The maximum atomic E-state index is 10.2. The van der Waals surface area contributed by atoms with E-state index in [1.165, 1.54) is 6.08 Å². The highest BCUT2D eigenvalue weighted by atomic mass is 16.4. The van der Waals surface area contributed by atoms with Crippen molar-refractivity contribution in [2.45, 2.75) is 83.3 Å². The molecule has 0 fully saturated rings. The van der Waals surface area contributed by atoms with E-state index in [1.54, 1.807) is 6.08 Å². The predicted octanol–water partition coefficient (Wildman–Crippen LogP) is 3.83. The zero-order valence-electron chi connectivity index (χ0n) is 13.8. The molecule has 0 saturated heterocycles. The van der Waals surface area contributed by atoms with Crippen LogP contribution in [0.15, 0.2) is 24.3 Å².